The molecule has 2 aromatic carbocycles. The Balaban J connectivity index is 1.40. The average Bonchev–Trinajstić information content (AvgIpc) is 3.11. The number of hydrogen-bond donors (Lipinski definition) is 1. The molecule has 1 aromatic heterocycles. The number of nitrogens with zero attached hydrogens (tertiary/aromatic N) is 3. The molecule has 2 heterocycles. The number of amides is 1. The van der Waals surface area contributed by atoms with E-state index in [0.717, 1.165) is 24.5 Å². The van der Waals surface area contributed by atoms with Gasteiger partial charge >= 0.3 is 0 Å². The van der Waals surface area contributed by atoms with Gasteiger partial charge < -0.3 is 10.2 Å². The zero-order valence-corrected chi connectivity index (χ0v) is 13.7. The molecule has 0 bridgehead atoms. The van der Waals surface area contributed by atoms with Crippen LogP contribution in [0.2, 0.25) is 0 Å². The van der Waals surface area contributed by atoms with Crippen LogP contribution in [0.5, 0.6) is 0 Å². The van der Waals surface area contributed by atoms with E-state index >= 15 is 0 Å². The highest BCUT2D eigenvalue weighted by Gasteiger charge is 2.18. The molecule has 0 spiro atoms. The third kappa shape index (κ3) is 3.35. The molecule has 0 atom stereocenters. The quantitative estimate of drug-likeness (QED) is 0.799. The van der Waals surface area contributed by atoms with Gasteiger partial charge in [-0.15, -0.1) is 0 Å². The molecule has 0 radical (unpaired) electrons. The molecule has 0 unspecified atom stereocenters. The van der Waals surface area contributed by atoms with Gasteiger partial charge in [-0.3, -0.25) is 4.79 Å². The van der Waals surface area contributed by atoms with Crippen LogP contribution in [0.3, 0.4) is 0 Å². The van der Waals surface area contributed by atoms with Gasteiger partial charge in [-0.1, -0.05) is 24.3 Å². The second kappa shape index (κ2) is 6.73. The molecule has 3 aromatic rings. The smallest absolute Gasteiger partial charge is 0.251 e. The third-order valence-corrected chi connectivity index (χ3v) is 4.41. The molecular weight excluding hydrogens is 312 g/mol. The van der Waals surface area contributed by atoms with E-state index < -0.39 is 0 Å². The van der Waals surface area contributed by atoms with Gasteiger partial charge in [-0.05, 0) is 41.5 Å². The predicted octanol–water partition coefficient (Wildman–Crippen LogP) is 2.93. The van der Waals surface area contributed by atoms with Crippen molar-refractivity contribution >= 4 is 11.6 Å². The van der Waals surface area contributed by atoms with Crippen molar-refractivity contribution in [1.29, 1.82) is 0 Å². The van der Waals surface area contributed by atoms with Crippen LogP contribution in [-0.2, 0) is 19.6 Å². The number of carbonyl (C=O) groups is 1. The van der Waals surface area contributed by atoms with Crippen molar-refractivity contribution in [2.45, 2.75) is 19.6 Å². The first kappa shape index (κ1) is 15.3. The first-order chi connectivity index (χ1) is 12.3. The summed E-state index contributed by atoms with van der Waals surface area (Å²) in [6, 6.07) is 18.0. The number of carbonyl (C=O) groups excluding carboxylic acids is 1. The summed E-state index contributed by atoms with van der Waals surface area (Å²) in [7, 11) is 0. The fourth-order valence-corrected chi connectivity index (χ4v) is 3.03. The molecule has 0 saturated carbocycles. The van der Waals surface area contributed by atoms with Crippen LogP contribution < -0.4 is 10.2 Å². The highest BCUT2D eigenvalue weighted by molar-refractivity contribution is 5.94. The number of fused-ring (bicyclic) bond motifs is 1. The Bertz CT molecular complexity index is 853. The summed E-state index contributed by atoms with van der Waals surface area (Å²) < 4.78 is 0. The Kier molecular flexibility index (Phi) is 4.12. The lowest BCUT2D eigenvalue weighted by Gasteiger charge is -2.18. The van der Waals surface area contributed by atoms with Crippen molar-refractivity contribution in [2.24, 2.45) is 0 Å². The Labute approximate surface area is 146 Å². The average molecular weight is 330 g/mol. The number of aromatic nitrogens is 2. The van der Waals surface area contributed by atoms with E-state index in [0.29, 0.717) is 12.1 Å². The first-order valence-electron chi connectivity index (χ1n) is 8.24. The number of hydrogen-bond acceptors (Lipinski definition) is 4. The molecule has 5 nitrogen and oxygen atoms in total. The van der Waals surface area contributed by atoms with Crippen molar-refractivity contribution in [3.8, 4) is 0 Å². The standard InChI is InChI=1S/C20H18N4O/c25-20(22-11-18-9-10-21-14-23-18)15-5-7-19(8-6-15)24-12-16-3-1-2-4-17(16)13-24/h1-10,14H,11-13H2,(H,22,25). The van der Waals surface area contributed by atoms with Gasteiger partial charge in [0.1, 0.15) is 6.33 Å². The lowest BCUT2D eigenvalue weighted by atomic mass is 10.1. The van der Waals surface area contributed by atoms with Crippen LogP contribution in [0.15, 0.2) is 67.1 Å². The number of anilines is 1. The molecular formula is C20H18N4O. The SMILES string of the molecule is O=C(NCc1ccncn1)c1ccc(N2Cc3ccccc3C2)cc1. The van der Waals surface area contributed by atoms with E-state index in [2.05, 4.69) is 44.5 Å². The van der Waals surface area contributed by atoms with Gasteiger partial charge in [0.15, 0.2) is 0 Å². The second-order valence-electron chi connectivity index (χ2n) is 6.06. The van der Waals surface area contributed by atoms with Crippen LogP contribution in [0.25, 0.3) is 0 Å². The van der Waals surface area contributed by atoms with E-state index in [-0.39, 0.29) is 5.91 Å². The van der Waals surface area contributed by atoms with E-state index in [9.17, 15) is 4.79 Å². The van der Waals surface area contributed by atoms with E-state index in [1.165, 1.54) is 17.5 Å². The summed E-state index contributed by atoms with van der Waals surface area (Å²) in [5.41, 5.74) is 5.30. The van der Waals surface area contributed by atoms with Crippen molar-refractivity contribution < 1.29 is 4.79 Å². The summed E-state index contributed by atoms with van der Waals surface area (Å²) in [4.78, 5) is 22.5. The van der Waals surface area contributed by atoms with Crippen molar-refractivity contribution in [1.82, 2.24) is 15.3 Å². The molecule has 5 heteroatoms. The predicted molar refractivity (Wildman–Crippen MR) is 96.0 cm³/mol. The molecule has 0 aliphatic carbocycles. The minimum atomic E-state index is -0.102. The topological polar surface area (TPSA) is 58.1 Å². The second-order valence-corrected chi connectivity index (χ2v) is 6.06. The summed E-state index contributed by atoms with van der Waals surface area (Å²) in [5.74, 6) is -0.102. The van der Waals surface area contributed by atoms with E-state index in [4.69, 9.17) is 0 Å². The van der Waals surface area contributed by atoms with Gasteiger partial charge in [0, 0.05) is 30.5 Å². The van der Waals surface area contributed by atoms with Crippen LogP contribution in [0.1, 0.15) is 27.2 Å². The Morgan fingerprint density at radius 3 is 2.36 bits per heavy atom. The lowest BCUT2D eigenvalue weighted by Crippen LogP contribution is -2.23. The van der Waals surface area contributed by atoms with Gasteiger partial charge in [0.2, 0.25) is 0 Å². The van der Waals surface area contributed by atoms with E-state index in [1.54, 1.807) is 12.3 Å². The monoisotopic (exact) mass is 330 g/mol. The lowest BCUT2D eigenvalue weighted by molar-refractivity contribution is 0.0950. The zero-order chi connectivity index (χ0) is 17.1. The first-order valence-corrected chi connectivity index (χ1v) is 8.24. The molecule has 1 N–H and O–H groups in total. The van der Waals surface area contributed by atoms with Crippen LogP contribution >= 0.6 is 0 Å². The maximum Gasteiger partial charge on any atom is 0.251 e. The molecule has 0 fully saturated rings. The molecule has 1 aliphatic rings. The largest absolute Gasteiger partial charge is 0.363 e. The van der Waals surface area contributed by atoms with E-state index in [1.807, 2.05) is 24.3 Å². The molecule has 1 aliphatic heterocycles. The Hall–Kier alpha value is -3.21. The van der Waals surface area contributed by atoms with Crippen molar-refractivity contribution in [3.05, 3.63) is 89.5 Å². The summed E-state index contributed by atoms with van der Waals surface area (Å²) >= 11 is 0. The zero-order valence-electron chi connectivity index (χ0n) is 13.7. The normalized spacial score (nSPS) is 12.7. The van der Waals surface area contributed by atoms with Crippen LogP contribution in [-0.4, -0.2) is 15.9 Å². The minimum absolute atomic E-state index is 0.102. The van der Waals surface area contributed by atoms with Gasteiger partial charge in [-0.25, -0.2) is 9.97 Å². The summed E-state index contributed by atoms with van der Waals surface area (Å²) in [6.07, 6.45) is 3.14. The fourth-order valence-electron chi connectivity index (χ4n) is 3.03. The summed E-state index contributed by atoms with van der Waals surface area (Å²) in [5, 5.41) is 2.88. The number of rotatable bonds is 4. The van der Waals surface area contributed by atoms with Gasteiger partial charge in [0.25, 0.3) is 5.91 Å². The fraction of sp³-hybridized carbons (Fsp3) is 0.150. The van der Waals surface area contributed by atoms with Crippen LogP contribution in [0, 0.1) is 0 Å². The minimum Gasteiger partial charge on any atom is -0.363 e. The highest BCUT2D eigenvalue weighted by Crippen LogP contribution is 2.28. The van der Waals surface area contributed by atoms with Crippen molar-refractivity contribution in [3.63, 3.8) is 0 Å². The number of nitrogens with one attached hydrogen (secondary N) is 1. The molecule has 25 heavy (non-hydrogen) atoms. The Morgan fingerprint density at radius 2 is 1.72 bits per heavy atom. The Morgan fingerprint density at radius 1 is 1.00 bits per heavy atom. The third-order valence-electron chi connectivity index (χ3n) is 4.41. The molecule has 0 saturated heterocycles. The number of benzene rings is 2. The maximum absolute atomic E-state index is 12.3. The van der Waals surface area contributed by atoms with Crippen LogP contribution in [0.4, 0.5) is 5.69 Å². The van der Waals surface area contributed by atoms with Gasteiger partial charge in [0.05, 0.1) is 12.2 Å². The molecule has 4 rings (SSSR count). The maximum atomic E-state index is 12.3. The molecule has 1 amide bonds. The van der Waals surface area contributed by atoms with Gasteiger partial charge in [-0.2, -0.15) is 0 Å². The summed E-state index contributed by atoms with van der Waals surface area (Å²) in [6.45, 7) is 2.22. The molecule has 124 valence electrons. The highest BCUT2D eigenvalue weighted by atomic mass is 16.1. The van der Waals surface area contributed by atoms with Crippen molar-refractivity contribution in [2.75, 3.05) is 4.90 Å².